The molecule has 1 aliphatic carbocycles. The second-order valence-electron chi connectivity index (χ2n) is 7.35. The number of halogens is 1. The molecule has 2 aromatic heterocycles. The summed E-state index contributed by atoms with van der Waals surface area (Å²) in [4.78, 5) is 22.1. The Morgan fingerprint density at radius 2 is 2.03 bits per heavy atom. The van der Waals surface area contributed by atoms with E-state index in [4.69, 9.17) is 21.1 Å². The molecule has 1 fully saturated rings. The molecule has 8 heteroatoms. The topological polar surface area (TPSA) is 113 Å². The van der Waals surface area contributed by atoms with Crippen molar-refractivity contribution in [1.29, 1.82) is 0 Å². The van der Waals surface area contributed by atoms with Gasteiger partial charge in [-0.15, -0.1) is 0 Å². The van der Waals surface area contributed by atoms with Gasteiger partial charge in [-0.2, -0.15) is 0 Å². The highest BCUT2D eigenvalue weighted by molar-refractivity contribution is 6.30. The number of aromatic carboxylic acids is 1. The molecule has 1 aliphatic rings. The number of aliphatic hydroxyl groups is 1. The Bertz CT molecular complexity index is 1100. The summed E-state index contributed by atoms with van der Waals surface area (Å²) in [6.07, 6.45) is 6.82. The first-order valence-corrected chi connectivity index (χ1v) is 10.3. The van der Waals surface area contributed by atoms with E-state index in [-0.39, 0.29) is 17.7 Å². The van der Waals surface area contributed by atoms with Crippen LogP contribution >= 0.6 is 11.6 Å². The minimum absolute atomic E-state index is 0.0231. The van der Waals surface area contributed by atoms with Gasteiger partial charge in [0.2, 0.25) is 5.76 Å². The fourth-order valence-electron chi connectivity index (χ4n) is 3.31. The molecule has 1 amide bonds. The Labute approximate surface area is 190 Å². The predicted molar refractivity (Wildman–Crippen MR) is 117 cm³/mol. The summed E-state index contributed by atoms with van der Waals surface area (Å²) in [5.41, 5.74) is 0.143. The van der Waals surface area contributed by atoms with Crippen molar-refractivity contribution in [1.82, 2.24) is 5.32 Å². The molecule has 1 aromatic carbocycles. The highest BCUT2D eigenvalue weighted by atomic mass is 35.5. The standard InChI is InChI=1S/C19H18ClNO3.C5H4O3/c20-16-4-1-3-14(11-16)6-9-19(23)8-2-5-17(12-19)21-18(22)15-7-10-24-13-15;6-5(7)4-2-1-3-8-4/h1,3-4,7,10-11,13,17,23H,2,5,8,12H2,(H,21,22);1-3H,(H,6,7)/t17-,19+;/m0./s1. The molecule has 3 aromatic rings. The lowest BCUT2D eigenvalue weighted by Crippen LogP contribution is -2.45. The fourth-order valence-corrected chi connectivity index (χ4v) is 3.50. The first kappa shape index (κ1) is 23.2. The van der Waals surface area contributed by atoms with Crippen molar-refractivity contribution < 1.29 is 28.6 Å². The van der Waals surface area contributed by atoms with Gasteiger partial charge in [-0.3, -0.25) is 4.79 Å². The second-order valence-corrected chi connectivity index (χ2v) is 7.79. The van der Waals surface area contributed by atoms with Crippen molar-refractivity contribution in [3.63, 3.8) is 0 Å². The summed E-state index contributed by atoms with van der Waals surface area (Å²) in [5.74, 6) is 4.69. The number of benzene rings is 1. The van der Waals surface area contributed by atoms with Gasteiger partial charge in [0.05, 0.1) is 18.1 Å². The lowest BCUT2D eigenvalue weighted by atomic mass is 9.82. The molecule has 166 valence electrons. The van der Waals surface area contributed by atoms with Crippen molar-refractivity contribution >= 4 is 23.5 Å². The Hall–Kier alpha value is -3.47. The van der Waals surface area contributed by atoms with E-state index in [1.54, 1.807) is 18.2 Å². The zero-order chi connectivity index (χ0) is 23.0. The predicted octanol–water partition coefficient (Wildman–Crippen LogP) is 4.37. The number of rotatable bonds is 3. The number of carboxylic acid groups (broad SMARTS) is 1. The van der Waals surface area contributed by atoms with Crippen LogP contribution in [0.1, 0.15) is 52.2 Å². The fraction of sp³-hybridized carbons (Fsp3) is 0.250. The minimum atomic E-state index is -1.10. The summed E-state index contributed by atoms with van der Waals surface area (Å²) in [6.45, 7) is 0. The van der Waals surface area contributed by atoms with Crippen LogP contribution in [-0.2, 0) is 0 Å². The van der Waals surface area contributed by atoms with Gasteiger partial charge in [0.25, 0.3) is 5.91 Å². The highest BCUT2D eigenvalue weighted by Gasteiger charge is 2.33. The molecule has 0 unspecified atom stereocenters. The van der Waals surface area contributed by atoms with Gasteiger partial charge >= 0.3 is 5.97 Å². The van der Waals surface area contributed by atoms with Gasteiger partial charge in [-0.1, -0.05) is 29.5 Å². The van der Waals surface area contributed by atoms with E-state index in [9.17, 15) is 14.7 Å². The smallest absolute Gasteiger partial charge is 0.371 e. The van der Waals surface area contributed by atoms with E-state index >= 15 is 0 Å². The van der Waals surface area contributed by atoms with Gasteiger partial charge in [-0.25, -0.2) is 4.79 Å². The highest BCUT2D eigenvalue weighted by Crippen LogP contribution is 2.28. The maximum absolute atomic E-state index is 12.1. The SMILES string of the molecule is O=C(N[C@H]1CCC[C@@](O)(C#Cc2cccc(Cl)c2)C1)c1ccoc1.O=C(O)c1ccco1. The molecule has 7 nitrogen and oxygen atoms in total. The van der Waals surface area contributed by atoms with Crippen LogP contribution in [-0.4, -0.2) is 33.7 Å². The molecule has 2 atom stereocenters. The van der Waals surface area contributed by atoms with Crippen LogP contribution in [0.4, 0.5) is 0 Å². The maximum atomic E-state index is 12.1. The third kappa shape index (κ3) is 6.77. The quantitative estimate of drug-likeness (QED) is 0.505. The number of furan rings is 2. The van der Waals surface area contributed by atoms with Crippen molar-refractivity contribution in [2.45, 2.75) is 37.3 Å². The van der Waals surface area contributed by atoms with Crippen LogP contribution in [0.5, 0.6) is 0 Å². The normalized spacial score (nSPS) is 19.6. The summed E-state index contributed by atoms with van der Waals surface area (Å²) in [5, 5.41) is 22.5. The summed E-state index contributed by atoms with van der Waals surface area (Å²) in [7, 11) is 0. The number of carbonyl (C=O) groups is 2. The van der Waals surface area contributed by atoms with Crippen LogP contribution in [0.15, 0.2) is 70.1 Å². The van der Waals surface area contributed by atoms with E-state index in [0.717, 1.165) is 18.4 Å². The zero-order valence-corrected chi connectivity index (χ0v) is 17.8. The van der Waals surface area contributed by atoms with Crippen molar-refractivity contribution in [2.75, 3.05) is 0 Å². The average molecular weight is 456 g/mol. The number of hydrogen-bond acceptors (Lipinski definition) is 5. The number of carbonyl (C=O) groups excluding carboxylic acids is 1. The van der Waals surface area contributed by atoms with E-state index in [1.807, 2.05) is 12.1 Å². The van der Waals surface area contributed by atoms with Crippen molar-refractivity contribution in [3.8, 4) is 11.8 Å². The van der Waals surface area contributed by atoms with E-state index in [2.05, 4.69) is 21.6 Å². The van der Waals surface area contributed by atoms with Crippen LogP contribution in [0.3, 0.4) is 0 Å². The molecule has 0 bridgehead atoms. The molecule has 2 heterocycles. The third-order valence-corrected chi connectivity index (χ3v) is 5.08. The van der Waals surface area contributed by atoms with Gasteiger partial charge in [-0.05, 0) is 55.7 Å². The van der Waals surface area contributed by atoms with E-state index in [0.29, 0.717) is 23.4 Å². The zero-order valence-electron chi connectivity index (χ0n) is 17.1. The van der Waals surface area contributed by atoms with Crippen molar-refractivity contribution in [3.05, 3.63) is 83.2 Å². The summed E-state index contributed by atoms with van der Waals surface area (Å²) < 4.78 is 9.41. The second kappa shape index (κ2) is 10.7. The van der Waals surface area contributed by atoms with Gasteiger partial charge in [0.15, 0.2) is 0 Å². The maximum Gasteiger partial charge on any atom is 0.371 e. The molecule has 0 radical (unpaired) electrons. The number of hydrogen-bond donors (Lipinski definition) is 3. The molecule has 0 saturated heterocycles. The molecule has 0 aliphatic heterocycles. The molecule has 32 heavy (non-hydrogen) atoms. The lowest BCUT2D eigenvalue weighted by Gasteiger charge is -2.33. The third-order valence-electron chi connectivity index (χ3n) is 4.84. The van der Waals surface area contributed by atoms with Crippen LogP contribution in [0, 0.1) is 11.8 Å². The van der Waals surface area contributed by atoms with Crippen LogP contribution in [0.2, 0.25) is 5.02 Å². The van der Waals surface area contributed by atoms with Gasteiger partial charge in [0.1, 0.15) is 11.9 Å². The molecular formula is C24H22ClNO6. The molecule has 4 rings (SSSR count). The molecule has 0 spiro atoms. The molecule has 1 saturated carbocycles. The first-order valence-electron chi connectivity index (χ1n) is 9.96. The lowest BCUT2D eigenvalue weighted by molar-refractivity contribution is 0.0452. The summed E-state index contributed by atoms with van der Waals surface area (Å²) >= 11 is 5.94. The van der Waals surface area contributed by atoms with Crippen LogP contribution < -0.4 is 5.32 Å². The van der Waals surface area contributed by atoms with E-state index < -0.39 is 11.6 Å². The van der Waals surface area contributed by atoms with Gasteiger partial charge < -0.3 is 24.4 Å². The Morgan fingerprint density at radius 3 is 2.66 bits per heavy atom. The monoisotopic (exact) mass is 455 g/mol. The molecule has 3 N–H and O–H groups in total. The van der Waals surface area contributed by atoms with E-state index in [1.165, 1.54) is 30.9 Å². The first-order chi connectivity index (χ1) is 15.3. The average Bonchev–Trinajstić information content (AvgIpc) is 3.47. The Balaban J connectivity index is 0.000000305. The number of amides is 1. The summed E-state index contributed by atoms with van der Waals surface area (Å²) in [6, 6.07) is 11.6. The molecular weight excluding hydrogens is 434 g/mol. The minimum Gasteiger partial charge on any atom is -0.475 e. The number of carboxylic acids is 1. The Kier molecular flexibility index (Phi) is 7.77. The Morgan fingerprint density at radius 1 is 1.19 bits per heavy atom. The van der Waals surface area contributed by atoms with Gasteiger partial charge in [0, 0.05) is 23.0 Å². The van der Waals surface area contributed by atoms with Crippen LogP contribution in [0.25, 0.3) is 0 Å². The largest absolute Gasteiger partial charge is 0.475 e. The number of nitrogens with one attached hydrogen (secondary N) is 1. The van der Waals surface area contributed by atoms with Crippen molar-refractivity contribution in [2.24, 2.45) is 0 Å².